The van der Waals surface area contributed by atoms with Crippen molar-refractivity contribution in [1.29, 1.82) is 0 Å². The average Bonchev–Trinajstić information content (AvgIpc) is 2.41. The Morgan fingerprint density at radius 1 is 1.20 bits per heavy atom. The molecule has 0 aliphatic carbocycles. The van der Waals surface area contributed by atoms with Crippen LogP contribution in [0.3, 0.4) is 0 Å². The zero-order chi connectivity index (χ0) is 14.5. The number of piperazine rings is 1. The lowest BCUT2D eigenvalue weighted by Gasteiger charge is -2.44. The largest absolute Gasteiger partial charge is 0.342 e. The SMILES string of the molecule is CCCCC(C)C(=O)N1CC(CN2CCN(C)CC2)C1. The van der Waals surface area contributed by atoms with E-state index in [1.807, 2.05) is 0 Å². The van der Waals surface area contributed by atoms with Gasteiger partial charge in [-0.1, -0.05) is 26.7 Å². The maximum atomic E-state index is 12.2. The van der Waals surface area contributed by atoms with Crippen LogP contribution >= 0.6 is 0 Å². The Morgan fingerprint density at radius 3 is 2.45 bits per heavy atom. The molecule has 0 N–H and O–H groups in total. The van der Waals surface area contributed by atoms with Gasteiger partial charge < -0.3 is 14.7 Å². The monoisotopic (exact) mass is 281 g/mol. The van der Waals surface area contributed by atoms with E-state index >= 15 is 0 Å². The third kappa shape index (κ3) is 4.19. The zero-order valence-electron chi connectivity index (χ0n) is 13.5. The first-order valence-corrected chi connectivity index (χ1v) is 8.29. The Labute approximate surface area is 124 Å². The van der Waals surface area contributed by atoms with Gasteiger partial charge in [0, 0.05) is 57.6 Å². The lowest BCUT2D eigenvalue weighted by atomic mass is 9.95. The van der Waals surface area contributed by atoms with Crippen molar-refractivity contribution in [3.63, 3.8) is 0 Å². The predicted molar refractivity (Wildman–Crippen MR) is 82.7 cm³/mol. The molecule has 2 saturated heterocycles. The number of nitrogens with zero attached hydrogens (tertiary/aromatic N) is 3. The number of likely N-dealkylation sites (tertiary alicyclic amines) is 1. The van der Waals surface area contributed by atoms with Crippen LogP contribution < -0.4 is 0 Å². The summed E-state index contributed by atoms with van der Waals surface area (Å²) in [7, 11) is 2.19. The zero-order valence-corrected chi connectivity index (χ0v) is 13.5. The van der Waals surface area contributed by atoms with Gasteiger partial charge in [0.1, 0.15) is 0 Å². The van der Waals surface area contributed by atoms with Crippen LogP contribution in [0.5, 0.6) is 0 Å². The molecule has 0 spiro atoms. The van der Waals surface area contributed by atoms with Gasteiger partial charge in [0.05, 0.1) is 0 Å². The van der Waals surface area contributed by atoms with Crippen LogP contribution in [-0.4, -0.2) is 73.5 Å². The molecule has 20 heavy (non-hydrogen) atoms. The van der Waals surface area contributed by atoms with E-state index in [0.717, 1.165) is 19.5 Å². The summed E-state index contributed by atoms with van der Waals surface area (Å²) < 4.78 is 0. The highest BCUT2D eigenvalue weighted by Crippen LogP contribution is 2.21. The number of rotatable bonds is 6. The summed E-state index contributed by atoms with van der Waals surface area (Å²) in [5, 5.41) is 0. The first kappa shape index (κ1) is 15.8. The van der Waals surface area contributed by atoms with Crippen LogP contribution in [0.2, 0.25) is 0 Å². The van der Waals surface area contributed by atoms with Crippen LogP contribution in [-0.2, 0) is 4.79 Å². The van der Waals surface area contributed by atoms with Gasteiger partial charge in [0.15, 0.2) is 0 Å². The highest BCUT2D eigenvalue weighted by molar-refractivity contribution is 5.79. The lowest BCUT2D eigenvalue weighted by Crippen LogP contribution is -2.56. The predicted octanol–water partition coefficient (Wildman–Crippen LogP) is 1.52. The smallest absolute Gasteiger partial charge is 0.225 e. The summed E-state index contributed by atoms with van der Waals surface area (Å²) in [5.74, 6) is 1.31. The second-order valence-electron chi connectivity index (χ2n) is 6.76. The van der Waals surface area contributed by atoms with E-state index in [1.165, 1.54) is 45.6 Å². The minimum absolute atomic E-state index is 0.222. The molecule has 0 aromatic rings. The van der Waals surface area contributed by atoms with Crippen LogP contribution in [0.1, 0.15) is 33.1 Å². The molecule has 2 aliphatic heterocycles. The minimum Gasteiger partial charge on any atom is -0.342 e. The van der Waals surface area contributed by atoms with Gasteiger partial charge in [0.2, 0.25) is 5.91 Å². The van der Waals surface area contributed by atoms with E-state index in [-0.39, 0.29) is 5.92 Å². The van der Waals surface area contributed by atoms with Crippen LogP contribution in [0.4, 0.5) is 0 Å². The molecule has 1 amide bonds. The van der Waals surface area contributed by atoms with Gasteiger partial charge in [-0.2, -0.15) is 0 Å². The molecule has 0 saturated carbocycles. The van der Waals surface area contributed by atoms with Gasteiger partial charge in [-0.25, -0.2) is 0 Å². The summed E-state index contributed by atoms with van der Waals surface area (Å²) in [5.41, 5.74) is 0. The second kappa shape index (κ2) is 7.41. The topological polar surface area (TPSA) is 26.8 Å². The molecule has 1 atom stereocenters. The maximum absolute atomic E-state index is 12.2. The molecule has 2 aliphatic rings. The average molecular weight is 281 g/mol. The molecule has 1 unspecified atom stereocenters. The Kier molecular flexibility index (Phi) is 5.85. The van der Waals surface area contributed by atoms with Crippen molar-refractivity contribution in [3.8, 4) is 0 Å². The van der Waals surface area contributed by atoms with Crippen molar-refractivity contribution < 1.29 is 4.79 Å². The molecular formula is C16H31N3O. The number of carbonyl (C=O) groups is 1. The molecule has 0 bridgehead atoms. The molecule has 2 fully saturated rings. The summed E-state index contributed by atoms with van der Waals surface area (Å²) in [6.07, 6.45) is 3.41. The minimum atomic E-state index is 0.222. The van der Waals surface area contributed by atoms with E-state index in [4.69, 9.17) is 0 Å². The van der Waals surface area contributed by atoms with Crippen LogP contribution in [0.25, 0.3) is 0 Å². The van der Waals surface area contributed by atoms with Crippen molar-refractivity contribution in [2.75, 3.05) is 52.9 Å². The molecule has 0 aromatic carbocycles. The van der Waals surface area contributed by atoms with Gasteiger partial charge in [0.25, 0.3) is 0 Å². The lowest BCUT2D eigenvalue weighted by molar-refractivity contribution is -0.142. The third-order valence-electron chi connectivity index (χ3n) is 4.79. The number of amides is 1. The van der Waals surface area contributed by atoms with E-state index in [0.29, 0.717) is 11.8 Å². The van der Waals surface area contributed by atoms with Crippen molar-refractivity contribution >= 4 is 5.91 Å². The Balaban J connectivity index is 1.63. The fraction of sp³-hybridized carbons (Fsp3) is 0.938. The standard InChI is InChI=1S/C16H31N3O/c1-4-5-6-14(2)16(20)19-12-15(13-19)11-18-9-7-17(3)8-10-18/h14-15H,4-13H2,1-3H3. The first-order chi connectivity index (χ1) is 9.60. The molecule has 2 rings (SSSR count). The van der Waals surface area contributed by atoms with Crippen molar-refractivity contribution in [2.24, 2.45) is 11.8 Å². The molecule has 4 heteroatoms. The maximum Gasteiger partial charge on any atom is 0.225 e. The Bertz CT molecular complexity index is 307. The molecule has 0 aromatic heterocycles. The molecule has 2 heterocycles. The highest BCUT2D eigenvalue weighted by atomic mass is 16.2. The molecular weight excluding hydrogens is 250 g/mol. The van der Waals surface area contributed by atoms with Crippen molar-refractivity contribution in [3.05, 3.63) is 0 Å². The normalized spacial score (nSPS) is 23.6. The van der Waals surface area contributed by atoms with E-state index < -0.39 is 0 Å². The third-order valence-corrected chi connectivity index (χ3v) is 4.79. The number of hydrogen-bond acceptors (Lipinski definition) is 3. The van der Waals surface area contributed by atoms with E-state index in [1.54, 1.807) is 0 Å². The fourth-order valence-corrected chi connectivity index (χ4v) is 3.21. The molecule has 116 valence electrons. The van der Waals surface area contributed by atoms with Gasteiger partial charge in [-0.15, -0.1) is 0 Å². The summed E-state index contributed by atoms with van der Waals surface area (Å²) in [6, 6.07) is 0. The fourth-order valence-electron chi connectivity index (χ4n) is 3.21. The van der Waals surface area contributed by atoms with Crippen molar-refractivity contribution in [1.82, 2.24) is 14.7 Å². The summed E-state index contributed by atoms with van der Waals surface area (Å²) in [6.45, 7) is 12.2. The van der Waals surface area contributed by atoms with Crippen LogP contribution in [0.15, 0.2) is 0 Å². The van der Waals surface area contributed by atoms with Gasteiger partial charge in [-0.05, 0) is 13.5 Å². The number of hydrogen-bond donors (Lipinski definition) is 0. The molecule has 4 nitrogen and oxygen atoms in total. The molecule has 0 radical (unpaired) electrons. The number of carbonyl (C=O) groups excluding carboxylic acids is 1. The first-order valence-electron chi connectivity index (χ1n) is 8.29. The van der Waals surface area contributed by atoms with E-state index in [9.17, 15) is 4.79 Å². The van der Waals surface area contributed by atoms with Gasteiger partial charge >= 0.3 is 0 Å². The quantitative estimate of drug-likeness (QED) is 0.738. The second-order valence-corrected chi connectivity index (χ2v) is 6.76. The summed E-state index contributed by atoms with van der Waals surface area (Å²) >= 11 is 0. The number of unbranched alkanes of at least 4 members (excludes halogenated alkanes) is 1. The number of likely N-dealkylation sites (N-methyl/N-ethyl adjacent to an activating group) is 1. The Morgan fingerprint density at radius 2 is 1.85 bits per heavy atom. The Hall–Kier alpha value is -0.610. The van der Waals surface area contributed by atoms with E-state index in [2.05, 4.69) is 35.6 Å². The van der Waals surface area contributed by atoms with Crippen molar-refractivity contribution in [2.45, 2.75) is 33.1 Å². The summed E-state index contributed by atoms with van der Waals surface area (Å²) in [4.78, 5) is 19.2. The highest BCUT2D eigenvalue weighted by Gasteiger charge is 2.33. The van der Waals surface area contributed by atoms with Gasteiger partial charge in [-0.3, -0.25) is 4.79 Å². The van der Waals surface area contributed by atoms with Crippen LogP contribution in [0, 0.1) is 11.8 Å².